The Bertz CT molecular complexity index is 551. The number of halogens is 2. The number of hydrogen-bond acceptors (Lipinski definition) is 2. The highest BCUT2D eigenvalue weighted by molar-refractivity contribution is 5.19. The second kappa shape index (κ2) is 5.93. The zero-order valence-electron chi connectivity index (χ0n) is 10.8. The molecule has 3 nitrogen and oxygen atoms in total. The predicted molar refractivity (Wildman–Crippen MR) is 69.7 cm³/mol. The van der Waals surface area contributed by atoms with Crippen molar-refractivity contribution >= 4 is 0 Å². The van der Waals surface area contributed by atoms with Gasteiger partial charge in [-0.15, -0.1) is 0 Å². The summed E-state index contributed by atoms with van der Waals surface area (Å²) >= 11 is 0. The van der Waals surface area contributed by atoms with Gasteiger partial charge in [0, 0.05) is 36.5 Å². The highest BCUT2D eigenvalue weighted by Gasteiger charge is 2.10. The first-order valence-electron chi connectivity index (χ1n) is 6.29. The number of nitrogens with two attached hydrogens (primary N) is 1. The molecule has 0 aliphatic carbocycles. The van der Waals surface area contributed by atoms with Crippen LogP contribution in [0.2, 0.25) is 0 Å². The van der Waals surface area contributed by atoms with E-state index in [1.807, 2.05) is 11.5 Å². The molecular weight excluding hydrogens is 248 g/mol. The van der Waals surface area contributed by atoms with E-state index in [0.29, 0.717) is 18.5 Å². The Balaban J connectivity index is 2.17. The van der Waals surface area contributed by atoms with Gasteiger partial charge in [0.1, 0.15) is 17.5 Å². The highest BCUT2D eigenvalue weighted by atomic mass is 19.1. The van der Waals surface area contributed by atoms with Crippen molar-refractivity contribution in [2.24, 2.45) is 5.73 Å². The summed E-state index contributed by atoms with van der Waals surface area (Å²) in [6.45, 7) is 2.34. The summed E-state index contributed by atoms with van der Waals surface area (Å²) in [5.74, 6) is -0.294. The Morgan fingerprint density at radius 3 is 2.84 bits per heavy atom. The fourth-order valence-corrected chi connectivity index (χ4v) is 1.89. The molecule has 0 aliphatic rings. The van der Waals surface area contributed by atoms with Crippen LogP contribution < -0.4 is 5.73 Å². The van der Waals surface area contributed by atoms with Crippen LogP contribution in [0.5, 0.6) is 0 Å². The molecule has 0 spiro atoms. The smallest absolute Gasteiger partial charge is 0.131 e. The summed E-state index contributed by atoms with van der Waals surface area (Å²) in [7, 11) is 0. The molecule has 0 amide bonds. The van der Waals surface area contributed by atoms with Gasteiger partial charge < -0.3 is 10.3 Å². The number of imidazole rings is 1. The topological polar surface area (TPSA) is 43.8 Å². The standard InChI is InChI=1S/C14H17F2N3/c1-2-12(17)8-14-18-5-6-19(14)9-10-3-4-11(15)7-13(10)16/h3-7,12H,2,8-9,17H2,1H3. The third-order valence-corrected chi connectivity index (χ3v) is 3.13. The molecule has 2 N–H and O–H groups in total. The Hall–Kier alpha value is -1.75. The van der Waals surface area contributed by atoms with Gasteiger partial charge in [0.2, 0.25) is 0 Å². The Morgan fingerprint density at radius 1 is 1.37 bits per heavy atom. The number of rotatable bonds is 5. The summed E-state index contributed by atoms with van der Waals surface area (Å²) < 4.78 is 28.3. The molecule has 0 saturated heterocycles. The number of hydrogen-bond donors (Lipinski definition) is 1. The molecule has 1 aromatic heterocycles. The number of benzene rings is 1. The van der Waals surface area contributed by atoms with E-state index < -0.39 is 11.6 Å². The molecule has 1 atom stereocenters. The summed E-state index contributed by atoms with van der Waals surface area (Å²) in [6, 6.07) is 3.64. The molecule has 1 heterocycles. The first-order chi connectivity index (χ1) is 9.10. The van der Waals surface area contributed by atoms with E-state index in [4.69, 9.17) is 5.73 Å². The molecule has 1 aromatic carbocycles. The number of nitrogens with zero attached hydrogens (tertiary/aromatic N) is 2. The van der Waals surface area contributed by atoms with Crippen molar-refractivity contribution in [3.05, 3.63) is 53.6 Å². The molecule has 2 aromatic rings. The lowest BCUT2D eigenvalue weighted by Crippen LogP contribution is -2.23. The van der Waals surface area contributed by atoms with Crippen LogP contribution >= 0.6 is 0 Å². The van der Waals surface area contributed by atoms with Crippen molar-refractivity contribution in [1.82, 2.24) is 9.55 Å². The zero-order valence-corrected chi connectivity index (χ0v) is 10.8. The van der Waals surface area contributed by atoms with Gasteiger partial charge in [-0.05, 0) is 12.5 Å². The minimum absolute atomic E-state index is 0.0409. The molecule has 19 heavy (non-hydrogen) atoms. The number of aromatic nitrogens is 2. The molecule has 102 valence electrons. The Labute approximate surface area is 111 Å². The molecule has 5 heteroatoms. The average Bonchev–Trinajstić information content (AvgIpc) is 2.80. The van der Waals surface area contributed by atoms with Crippen LogP contribution in [0.4, 0.5) is 8.78 Å². The Morgan fingerprint density at radius 2 is 2.16 bits per heavy atom. The maximum atomic E-state index is 13.6. The van der Waals surface area contributed by atoms with E-state index in [1.165, 1.54) is 12.1 Å². The summed E-state index contributed by atoms with van der Waals surface area (Å²) in [5.41, 5.74) is 6.34. The second-order valence-electron chi connectivity index (χ2n) is 4.58. The summed E-state index contributed by atoms with van der Waals surface area (Å²) in [6.07, 6.45) is 4.95. The lowest BCUT2D eigenvalue weighted by Gasteiger charge is -2.12. The SMILES string of the molecule is CCC(N)Cc1nccn1Cc1ccc(F)cc1F. The van der Waals surface area contributed by atoms with Crippen molar-refractivity contribution in [3.63, 3.8) is 0 Å². The minimum atomic E-state index is -0.569. The van der Waals surface area contributed by atoms with Gasteiger partial charge in [0.15, 0.2) is 0 Å². The van der Waals surface area contributed by atoms with Crippen molar-refractivity contribution in [2.45, 2.75) is 32.4 Å². The zero-order chi connectivity index (χ0) is 13.8. The van der Waals surface area contributed by atoms with E-state index in [2.05, 4.69) is 4.98 Å². The molecule has 0 bridgehead atoms. The van der Waals surface area contributed by atoms with Gasteiger partial charge in [0.05, 0.1) is 6.54 Å². The third-order valence-electron chi connectivity index (χ3n) is 3.13. The van der Waals surface area contributed by atoms with Crippen molar-refractivity contribution in [3.8, 4) is 0 Å². The predicted octanol–water partition coefficient (Wildman–Crippen LogP) is 2.49. The minimum Gasteiger partial charge on any atom is -0.330 e. The summed E-state index contributed by atoms with van der Waals surface area (Å²) in [5, 5.41) is 0. The Kier molecular flexibility index (Phi) is 4.27. The fraction of sp³-hybridized carbons (Fsp3) is 0.357. The van der Waals surface area contributed by atoms with Crippen LogP contribution in [0.15, 0.2) is 30.6 Å². The van der Waals surface area contributed by atoms with Gasteiger partial charge in [-0.2, -0.15) is 0 Å². The van der Waals surface area contributed by atoms with Crippen molar-refractivity contribution in [1.29, 1.82) is 0 Å². The molecular formula is C14H17F2N3. The first kappa shape index (κ1) is 13.7. The van der Waals surface area contributed by atoms with Gasteiger partial charge in [0.25, 0.3) is 0 Å². The van der Waals surface area contributed by atoms with E-state index in [-0.39, 0.29) is 6.04 Å². The first-order valence-corrected chi connectivity index (χ1v) is 6.29. The summed E-state index contributed by atoms with van der Waals surface area (Å²) in [4.78, 5) is 4.23. The van der Waals surface area contributed by atoms with E-state index >= 15 is 0 Å². The van der Waals surface area contributed by atoms with E-state index in [9.17, 15) is 8.78 Å². The molecule has 1 unspecified atom stereocenters. The molecule has 0 radical (unpaired) electrons. The van der Waals surface area contributed by atoms with Gasteiger partial charge in [-0.1, -0.05) is 13.0 Å². The van der Waals surface area contributed by atoms with Crippen LogP contribution in [0.25, 0.3) is 0 Å². The van der Waals surface area contributed by atoms with Gasteiger partial charge in [-0.25, -0.2) is 13.8 Å². The lowest BCUT2D eigenvalue weighted by atomic mass is 10.1. The average molecular weight is 265 g/mol. The third kappa shape index (κ3) is 3.38. The largest absolute Gasteiger partial charge is 0.330 e. The van der Waals surface area contributed by atoms with Crippen LogP contribution in [0, 0.1) is 11.6 Å². The van der Waals surface area contributed by atoms with E-state index in [0.717, 1.165) is 18.3 Å². The van der Waals surface area contributed by atoms with Crippen molar-refractivity contribution < 1.29 is 8.78 Å². The van der Waals surface area contributed by atoms with Crippen LogP contribution in [-0.4, -0.2) is 15.6 Å². The molecule has 2 rings (SSSR count). The monoisotopic (exact) mass is 265 g/mol. The quantitative estimate of drug-likeness (QED) is 0.902. The van der Waals surface area contributed by atoms with Crippen LogP contribution in [0.3, 0.4) is 0 Å². The normalized spacial score (nSPS) is 12.6. The fourth-order valence-electron chi connectivity index (χ4n) is 1.89. The lowest BCUT2D eigenvalue weighted by molar-refractivity contribution is 0.557. The molecule has 0 fully saturated rings. The molecule has 0 saturated carbocycles. The van der Waals surface area contributed by atoms with Gasteiger partial charge in [-0.3, -0.25) is 0 Å². The highest BCUT2D eigenvalue weighted by Crippen LogP contribution is 2.13. The maximum absolute atomic E-state index is 13.6. The maximum Gasteiger partial charge on any atom is 0.131 e. The van der Waals surface area contributed by atoms with Gasteiger partial charge >= 0.3 is 0 Å². The molecule has 0 aliphatic heterocycles. The van der Waals surface area contributed by atoms with Crippen LogP contribution in [0.1, 0.15) is 24.7 Å². The van der Waals surface area contributed by atoms with E-state index in [1.54, 1.807) is 12.4 Å². The second-order valence-corrected chi connectivity index (χ2v) is 4.58. The van der Waals surface area contributed by atoms with Crippen LogP contribution in [-0.2, 0) is 13.0 Å². The van der Waals surface area contributed by atoms with Crippen molar-refractivity contribution in [2.75, 3.05) is 0 Å².